The van der Waals surface area contributed by atoms with E-state index < -0.39 is 9.84 Å². The number of hydrogen-bond donors (Lipinski definition) is 1. The lowest BCUT2D eigenvalue weighted by Crippen LogP contribution is -2.10. The fourth-order valence-corrected chi connectivity index (χ4v) is 3.80. The number of thiazole rings is 1. The maximum atomic E-state index is 11.5. The quantitative estimate of drug-likeness (QED) is 0.847. The molecule has 0 fully saturated rings. The number of aromatic nitrogens is 1. The van der Waals surface area contributed by atoms with Crippen LogP contribution in [0.3, 0.4) is 0 Å². The van der Waals surface area contributed by atoms with Crippen molar-refractivity contribution in [1.29, 1.82) is 0 Å². The van der Waals surface area contributed by atoms with Gasteiger partial charge < -0.3 is 5.11 Å². The third-order valence-electron chi connectivity index (χ3n) is 2.03. The molecule has 0 aliphatic rings. The lowest BCUT2D eigenvalue weighted by molar-refractivity contribution is 0.295. The Kier molecular flexibility index (Phi) is 4.24. The smallest absolute Gasteiger partial charge is 0.156 e. The molecule has 0 bridgehead atoms. The van der Waals surface area contributed by atoms with E-state index in [1.807, 2.05) is 13.8 Å². The molecule has 0 atom stereocenters. The van der Waals surface area contributed by atoms with Crippen molar-refractivity contribution < 1.29 is 13.5 Å². The minimum absolute atomic E-state index is 0.00759. The van der Waals surface area contributed by atoms with Crippen molar-refractivity contribution in [3.63, 3.8) is 0 Å². The molecule has 0 unspecified atom stereocenters. The van der Waals surface area contributed by atoms with Gasteiger partial charge in [-0.25, -0.2) is 13.4 Å². The number of aryl methyl sites for hydroxylation is 2. The molecule has 1 heterocycles. The van der Waals surface area contributed by atoms with Gasteiger partial charge in [0.05, 0.1) is 11.4 Å². The van der Waals surface area contributed by atoms with Crippen molar-refractivity contribution in [3.05, 3.63) is 15.6 Å². The molecule has 0 amide bonds. The van der Waals surface area contributed by atoms with E-state index in [0.717, 1.165) is 10.6 Å². The predicted molar refractivity (Wildman–Crippen MR) is 60.8 cm³/mol. The minimum atomic E-state index is -3.11. The Bertz CT molecular complexity index is 403. The summed E-state index contributed by atoms with van der Waals surface area (Å²) in [6.45, 7) is 3.71. The maximum Gasteiger partial charge on any atom is 0.156 e. The first-order valence-corrected chi connectivity index (χ1v) is 7.32. The number of hydrogen-bond acceptors (Lipinski definition) is 5. The zero-order valence-corrected chi connectivity index (χ0v) is 10.5. The van der Waals surface area contributed by atoms with Gasteiger partial charge in [0.15, 0.2) is 9.84 Å². The van der Waals surface area contributed by atoms with Gasteiger partial charge in [0.2, 0.25) is 0 Å². The molecule has 1 aromatic rings. The molecule has 1 N–H and O–H groups in total. The summed E-state index contributed by atoms with van der Waals surface area (Å²) in [7, 11) is -3.11. The highest BCUT2D eigenvalue weighted by atomic mass is 32.2. The van der Waals surface area contributed by atoms with Crippen LogP contribution in [0, 0.1) is 13.8 Å². The second-order valence-electron chi connectivity index (χ2n) is 3.42. The summed E-state index contributed by atoms with van der Waals surface area (Å²) in [6.07, 6.45) is 0.297. The Labute approximate surface area is 93.9 Å². The first-order valence-electron chi connectivity index (χ1n) is 4.69. The molecular weight excluding hydrogens is 234 g/mol. The number of sulfone groups is 1. The van der Waals surface area contributed by atoms with Crippen LogP contribution in [0.15, 0.2) is 0 Å². The largest absolute Gasteiger partial charge is 0.396 e. The molecule has 6 heteroatoms. The molecule has 0 aliphatic carbocycles. The van der Waals surface area contributed by atoms with Gasteiger partial charge in [-0.3, -0.25) is 0 Å². The molecule has 0 aromatic carbocycles. The molecule has 1 aromatic heterocycles. The average Bonchev–Trinajstić information content (AvgIpc) is 2.41. The van der Waals surface area contributed by atoms with Crippen LogP contribution in [0.4, 0.5) is 0 Å². The number of aliphatic hydroxyl groups is 1. The second-order valence-corrected chi connectivity index (χ2v) is 6.89. The van der Waals surface area contributed by atoms with Gasteiger partial charge >= 0.3 is 0 Å². The van der Waals surface area contributed by atoms with Crippen LogP contribution in [-0.4, -0.2) is 30.9 Å². The van der Waals surface area contributed by atoms with E-state index in [2.05, 4.69) is 4.98 Å². The number of rotatable bonds is 5. The van der Waals surface area contributed by atoms with Gasteiger partial charge in [-0.15, -0.1) is 11.3 Å². The van der Waals surface area contributed by atoms with Gasteiger partial charge in [0.1, 0.15) is 10.8 Å². The summed E-state index contributed by atoms with van der Waals surface area (Å²) < 4.78 is 23.1. The molecule has 15 heavy (non-hydrogen) atoms. The van der Waals surface area contributed by atoms with E-state index >= 15 is 0 Å². The fourth-order valence-electron chi connectivity index (χ4n) is 1.15. The molecule has 0 saturated carbocycles. The van der Waals surface area contributed by atoms with Crippen LogP contribution in [-0.2, 0) is 15.6 Å². The molecule has 0 radical (unpaired) electrons. The molecule has 0 aliphatic heterocycles. The van der Waals surface area contributed by atoms with E-state index in [0.29, 0.717) is 11.4 Å². The molecule has 0 saturated heterocycles. The molecular formula is C9H15NO3S2. The Morgan fingerprint density at radius 1 is 1.40 bits per heavy atom. The highest BCUT2D eigenvalue weighted by molar-refractivity contribution is 7.90. The van der Waals surface area contributed by atoms with Gasteiger partial charge in [-0.2, -0.15) is 0 Å². The number of nitrogens with zero attached hydrogens (tertiary/aromatic N) is 1. The third kappa shape index (κ3) is 3.89. The van der Waals surface area contributed by atoms with Crippen molar-refractivity contribution in [2.24, 2.45) is 0 Å². The summed E-state index contributed by atoms with van der Waals surface area (Å²) in [5.74, 6) is 0.0214. The van der Waals surface area contributed by atoms with Gasteiger partial charge in [0.25, 0.3) is 0 Å². The molecule has 86 valence electrons. The van der Waals surface area contributed by atoms with E-state index in [1.165, 1.54) is 11.3 Å². The average molecular weight is 249 g/mol. The van der Waals surface area contributed by atoms with Crippen LogP contribution in [0.25, 0.3) is 0 Å². The van der Waals surface area contributed by atoms with Gasteiger partial charge in [0, 0.05) is 11.5 Å². The van der Waals surface area contributed by atoms with Crippen molar-refractivity contribution in [2.75, 3.05) is 12.4 Å². The third-order valence-corrected chi connectivity index (χ3v) is 4.91. The Morgan fingerprint density at radius 3 is 2.53 bits per heavy atom. The Morgan fingerprint density at radius 2 is 2.07 bits per heavy atom. The summed E-state index contributed by atoms with van der Waals surface area (Å²) >= 11 is 1.42. The van der Waals surface area contributed by atoms with Crippen LogP contribution >= 0.6 is 11.3 Å². The summed E-state index contributed by atoms with van der Waals surface area (Å²) in [5.41, 5.74) is 0.896. The summed E-state index contributed by atoms with van der Waals surface area (Å²) in [5, 5.41) is 9.21. The first-order chi connectivity index (χ1) is 6.94. The zero-order chi connectivity index (χ0) is 11.5. The summed E-state index contributed by atoms with van der Waals surface area (Å²) in [6, 6.07) is 0. The van der Waals surface area contributed by atoms with Crippen LogP contribution in [0.1, 0.15) is 22.0 Å². The predicted octanol–water partition coefficient (Wildman–Crippen LogP) is 1.06. The van der Waals surface area contributed by atoms with Crippen LogP contribution in [0.5, 0.6) is 0 Å². The van der Waals surface area contributed by atoms with Crippen molar-refractivity contribution in [1.82, 2.24) is 4.98 Å². The normalized spacial score (nSPS) is 11.9. The van der Waals surface area contributed by atoms with Crippen LogP contribution < -0.4 is 0 Å². The van der Waals surface area contributed by atoms with Crippen molar-refractivity contribution in [3.8, 4) is 0 Å². The van der Waals surface area contributed by atoms with E-state index in [-0.39, 0.29) is 18.1 Å². The van der Waals surface area contributed by atoms with Gasteiger partial charge in [-0.05, 0) is 20.3 Å². The van der Waals surface area contributed by atoms with Crippen molar-refractivity contribution in [2.45, 2.75) is 26.0 Å². The molecule has 0 spiro atoms. The van der Waals surface area contributed by atoms with Gasteiger partial charge in [-0.1, -0.05) is 0 Å². The Balaban J connectivity index is 2.69. The zero-order valence-electron chi connectivity index (χ0n) is 8.86. The monoisotopic (exact) mass is 249 g/mol. The first kappa shape index (κ1) is 12.6. The number of aliphatic hydroxyl groups excluding tert-OH is 1. The van der Waals surface area contributed by atoms with E-state index in [4.69, 9.17) is 5.11 Å². The van der Waals surface area contributed by atoms with Crippen LogP contribution in [0.2, 0.25) is 0 Å². The standard InChI is InChI=1S/C9H15NO3S2/c1-7-8(2)14-9(10-7)6-15(12,13)5-3-4-11/h11H,3-6H2,1-2H3. The molecule has 1 rings (SSSR count). The minimum Gasteiger partial charge on any atom is -0.396 e. The fraction of sp³-hybridized carbons (Fsp3) is 0.667. The SMILES string of the molecule is Cc1nc(CS(=O)(=O)CCCO)sc1C. The van der Waals surface area contributed by atoms with Crippen molar-refractivity contribution >= 4 is 21.2 Å². The Hall–Kier alpha value is -0.460. The lowest BCUT2D eigenvalue weighted by Gasteiger charge is -1.99. The lowest BCUT2D eigenvalue weighted by atomic mass is 10.4. The topological polar surface area (TPSA) is 67.3 Å². The van der Waals surface area contributed by atoms with E-state index in [1.54, 1.807) is 0 Å². The highest BCUT2D eigenvalue weighted by Gasteiger charge is 2.14. The molecule has 4 nitrogen and oxygen atoms in total. The van der Waals surface area contributed by atoms with E-state index in [9.17, 15) is 8.42 Å². The highest BCUT2D eigenvalue weighted by Crippen LogP contribution is 2.18. The second kappa shape index (κ2) is 5.05. The maximum absolute atomic E-state index is 11.5. The summed E-state index contributed by atoms with van der Waals surface area (Å²) in [4.78, 5) is 5.24.